The average Bonchev–Trinajstić information content (AvgIpc) is 2.72. The predicted molar refractivity (Wildman–Crippen MR) is 108 cm³/mol. The molecule has 3 aromatic carbocycles. The van der Waals surface area contributed by atoms with Gasteiger partial charge in [0.05, 0.1) is 12.6 Å². The van der Waals surface area contributed by atoms with Crippen molar-refractivity contribution in [1.82, 2.24) is 5.32 Å². The minimum absolute atomic E-state index is 0.352. The number of hydrogen-bond donors (Lipinski definition) is 4. The molecule has 3 aromatic rings. The SMILES string of the molecule is N=Cc1cc(-c2cccc(C(=O)NC(CO)c3cccc(F)c3)c2)ccc1N. The van der Waals surface area contributed by atoms with Gasteiger partial charge < -0.3 is 21.6 Å². The van der Waals surface area contributed by atoms with Gasteiger partial charge in [-0.25, -0.2) is 4.39 Å². The molecule has 5 N–H and O–H groups in total. The van der Waals surface area contributed by atoms with Crippen LogP contribution in [0.25, 0.3) is 11.1 Å². The Morgan fingerprint density at radius 3 is 2.57 bits per heavy atom. The van der Waals surface area contributed by atoms with Gasteiger partial charge in [-0.05, 0) is 53.1 Å². The average molecular weight is 377 g/mol. The number of amides is 1. The van der Waals surface area contributed by atoms with E-state index in [2.05, 4.69) is 5.32 Å². The lowest BCUT2D eigenvalue weighted by Crippen LogP contribution is -2.30. The molecule has 0 aliphatic carbocycles. The highest BCUT2D eigenvalue weighted by Crippen LogP contribution is 2.24. The Morgan fingerprint density at radius 1 is 1.11 bits per heavy atom. The maximum absolute atomic E-state index is 13.4. The number of anilines is 1. The fourth-order valence-corrected chi connectivity index (χ4v) is 2.92. The molecule has 0 aliphatic rings. The molecule has 0 saturated carbocycles. The first-order valence-electron chi connectivity index (χ1n) is 8.69. The van der Waals surface area contributed by atoms with E-state index in [0.717, 1.165) is 11.1 Å². The highest BCUT2D eigenvalue weighted by Gasteiger charge is 2.16. The number of carbonyl (C=O) groups is 1. The number of nitrogens with two attached hydrogens (primary N) is 1. The zero-order valence-corrected chi connectivity index (χ0v) is 15.0. The van der Waals surface area contributed by atoms with Gasteiger partial charge in [0.25, 0.3) is 5.91 Å². The first-order chi connectivity index (χ1) is 13.5. The molecule has 142 valence electrons. The molecule has 5 nitrogen and oxygen atoms in total. The van der Waals surface area contributed by atoms with Gasteiger partial charge in [-0.2, -0.15) is 0 Å². The number of rotatable bonds is 6. The summed E-state index contributed by atoms with van der Waals surface area (Å²) < 4.78 is 13.4. The number of aliphatic hydroxyl groups excluding tert-OH is 1. The maximum Gasteiger partial charge on any atom is 0.251 e. The number of aliphatic hydroxyl groups is 1. The highest BCUT2D eigenvalue weighted by molar-refractivity contribution is 5.96. The Bertz CT molecular complexity index is 1020. The van der Waals surface area contributed by atoms with Crippen molar-refractivity contribution >= 4 is 17.8 Å². The van der Waals surface area contributed by atoms with E-state index in [0.29, 0.717) is 22.4 Å². The van der Waals surface area contributed by atoms with Crippen molar-refractivity contribution in [2.24, 2.45) is 0 Å². The van der Waals surface area contributed by atoms with E-state index in [9.17, 15) is 14.3 Å². The van der Waals surface area contributed by atoms with Crippen LogP contribution in [-0.4, -0.2) is 23.8 Å². The van der Waals surface area contributed by atoms with Gasteiger partial charge in [-0.1, -0.05) is 30.3 Å². The predicted octanol–water partition coefficient (Wildman–Crippen LogP) is 3.54. The first-order valence-corrected chi connectivity index (χ1v) is 8.69. The molecule has 0 spiro atoms. The van der Waals surface area contributed by atoms with Crippen molar-refractivity contribution in [3.05, 3.63) is 89.2 Å². The van der Waals surface area contributed by atoms with Crippen molar-refractivity contribution in [2.45, 2.75) is 6.04 Å². The van der Waals surface area contributed by atoms with Crippen molar-refractivity contribution in [3.8, 4) is 11.1 Å². The summed E-state index contributed by atoms with van der Waals surface area (Å²) in [6.07, 6.45) is 1.18. The molecule has 0 bridgehead atoms. The zero-order chi connectivity index (χ0) is 20.1. The second-order valence-corrected chi connectivity index (χ2v) is 6.33. The van der Waals surface area contributed by atoms with Gasteiger partial charge in [-0.3, -0.25) is 4.79 Å². The fraction of sp³-hybridized carbons (Fsp3) is 0.0909. The molecule has 0 radical (unpaired) electrons. The van der Waals surface area contributed by atoms with Crippen molar-refractivity contribution in [2.75, 3.05) is 12.3 Å². The minimum atomic E-state index is -0.715. The molecule has 0 saturated heterocycles. The van der Waals surface area contributed by atoms with E-state index in [1.54, 1.807) is 36.4 Å². The van der Waals surface area contributed by atoms with Crippen LogP contribution in [0.1, 0.15) is 27.5 Å². The van der Waals surface area contributed by atoms with Crippen LogP contribution in [0.4, 0.5) is 10.1 Å². The summed E-state index contributed by atoms with van der Waals surface area (Å²) in [5.74, 6) is -0.814. The number of hydrogen-bond acceptors (Lipinski definition) is 4. The number of carbonyl (C=O) groups excluding carboxylic acids is 1. The first kappa shape index (κ1) is 19.3. The Labute approximate surface area is 162 Å². The fourth-order valence-electron chi connectivity index (χ4n) is 2.92. The van der Waals surface area contributed by atoms with Gasteiger partial charge in [0, 0.05) is 23.0 Å². The Morgan fingerprint density at radius 2 is 1.86 bits per heavy atom. The van der Waals surface area contributed by atoms with E-state index in [1.807, 2.05) is 12.1 Å². The van der Waals surface area contributed by atoms with E-state index in [1.165, 1.54) is 24.4 Å². The Kier molecular flexibility index (Phi) is 5.81. The second kappa shape index (κ2) is 8.45. The van der Waals surface area contributed by atoms with Gasteiger partial charge in [0.1, 0.15) is 5.82 Å². The van der Waals surface area contributed by atoms with Crippen LogP contribution in [0.3, 0.4) is 0 Å². The summed E-state index contributed by atoms with van der Waals surface area (Å²) in [5.41, 5.74) is 9.44. The quantitative estimate of drug-likeness (QED) is 0.391. The number of benzene rings is 3. The van der Waals surface area contributed by atoms with Crippen molar-refractivity contribution in [3.63, 3.8) is 0 Å². The molecule has 0 heterocycles. The van der Waals surface area contributed by atoms with E-state index < -0.39 is 11.9 Å². The van der Waals surface area contributed by atoms with E-state index in [4.69, 9.17) is 11.1 Å². The van der Waals surface area contributed by atoms with Crippen molar-refractivity contribution < 1.29 is 14.3 Å². The van der Waals surface area contributed by atoms with Crippen LogP contribution in [0.2, 0.25) is 0 Å². The molecular formula is C22H20FN3O2. The molecule has 3 rings (SSSR count). The van der Waals surface area contributed by atoms with Gasteiger partial charge in [-0.15, -0.1) is 0 Å². The smallest absolute Gasteiger partial charge is 0.251 e. The molecule has 0 aromatic heterocycles. The monoisotopic (exact) mass is 377 g/mol. The minimum Gasteiger partial charge on any atom is -0.398 e. The van der Waals surface area contributed by atoms with Crippen LogP contribution < -0.4 is 11.1 Å². The Hall–Kier alpha value is -3.51. The van der Waals surface area contributed by atoms with Gasteiger partial charge >= 0.3 is 0 Å². The van der Waals surface area contributed by atoms with Crippen LogP contribution >= 0.6 is 0 Å². The molecule has 1 atom stereocenters. The number of nitrogens with one attached hydrogen (secondary N) is 2. The summed E-state index contributed by atoms with van der Waals surface area (Å²) in [6.45, 7) is -0.352. The van der Waals surface area contributed by atoms with Gasteiger partial charge in [0.15, 0.2) is 0 Å². The van der Waals surface area contributed by atoms with E-state index in [-0.39, 0.29) is 12.5 Å². The maximum atomic E-state index is 13.4. The topological polar surface area (TPSA) is 99.2 Å². The normalized spacial score (nSPS) is 11.6. The second-order valence-electron chi connectivity index (χ2n) is 6.33. The van der Waals surface area contributed by atoms with Crippen molar-refractivity contribution in [1.29, 1.82) is 5.41 Å². The molecule has 1 unspecified atom stereocenters. The molecule has 28 heavy (non-hydrogen) atoms. The van der Waals surface area contributed by atoms with Crippen LogP contribution in [0, 0.1) is 11.2 Å². The molecule has 1 amide bonds. The molecule has 6 heteroatoms. The summed E-state index contributed by atoms with van der Waals surface area (Å²) in [6, 6.07) is 17.3. The lowest BCUT2D eigenvalue weighted by molar-refractivity contribution is 0.0916. The summed E-state index contributed by atoms with van der Waals surface area (Å²) in [4.78, 5) is 12.7. The lowest BCUT2D eigenvalue weighted by atomic mass is 10.00. The third-order valence-electron chi connectivity index (χ3n) is 4.44. The Balaban J connectivity index is 1.85. The summed E-state index contributed by atoms with van der Waals surface area (Å²) in [5, 5.41) is 19.8. The molecule has 0 aliphatic heterocycles. The largest absolute Gasteiger partial charge is 0.398 e. The van der Waals surface area contributed by atoms with Crippen LogP contribution in [0.5, 0.6) is 0 Å². The third kappa shape index (κ3) is 4.24. The number of nitrogen functional groups attached to an aromatic ring is 1. The molecule has 0 fully saturated rings. The zero-order valence-electron chi connectivity index (χ0n) is 15.0. The summed E-state index contributed by atoms with van der Waals surface area (Å²) in [7, 11) is 0. The standard InChI is InChI=1S/C22H20FN3O2/c23-19-6-2-4-16(11-19)21(13-27)26-22(28)17-5-1-3-14(9-17)15-7-8-20(25)18(10-15)12-24/h1-12,21,24,27H,13,25H2,(H,26,28). The molecular weight excluding hydrogens is 357 g/mol. The van der Waals surface area contributed by atoms with Gasteiger partial charge in [0.2, 0.25) is 0 Å². The highest BCUT2D eigenvalue weighted by atomic mass is 19.1. The third-order valence-corrected chi connectivity index (χ3v) is 4.44. The van der Waals surface area contributed by atoms with Crippen LogP contribution in [-0.2, 0) is 0 Å². The number of halogens is 1. The van der Waals surface area contributed by atoms with Crippen LogP contribution in [0.15, 0.2) is 66.7 Å². The lowest BCUT2D eigenvalue weighted by Gasteiger charge is -2.17. The van der Waals surface area contributed by atoms with E-state index >= 15 is 0 Å². The summed E-state index contributed by atoms with van der Waals surface area (Å²) >= 11 is 0.